The third-order valence-electron chi connectivity index (χ3n) is 6.60. The van der Waals surface area contributed by atoms with Crippen LogP contribution in [0.25, 0.3) is 11.0 Å². The first kappa shape index (κ1) is 17.0. The molecule has 2 N–H and O–H groups in total. The van der Waals surface area contributed by atoms with Crippen molar-refractivity contribution in [3.05, 3.63) is 24.0 Å². The van der Waals surface area contributed by atoms with Gasteiger partial charge in [0.25, 0.3) is 0 Å². The first-order valence-corrected chi connectivity index (χ1v) is 10.5. The van der Waals surface area contributed by atoms with Crippen LogP contribution in [-0.2, 0) is 0 Å². The fraction of sp³-hybridized carbons (Fsp3) is 0.619. The highest BCUT2D eigenvalue weighted by molar-refractivity contribution is 5.96. The normalized spacial score (nSPS) is 22.4. The summed E-state index contributed by atoms with van der Waals surface area (Å²) in [5.41, 5.74) is 8.74. The molecular weight excluding hydrogens is 338 g/mol. The van der Waals surface area contributed by atoms with Gasteiger partial charge in [0.15, 0.2) is 0 Å². The van der Waals surface area contributed by atoms with Gasteiger partial charge in [-0.1, -0.05) is 25.3 Å². The quantitative estimate of drug-likeness (QED) is 0.904. The molecule has 2 aliphatic carbocycles. The van der Waals surface area contributed by atoms with E-state index in [0.717, 1.165) is 67.6 Å². The Morgan fingerprint density at radius 1 is 1.00 bits per heavy atom. The summed E-state index contributed by atoms with van der Waals surface area (Å²) in [7, 11) is 0. The van der Waals surface area contributed by atoms with Crippen LogP contribution in [0, 0.1) is 0 Å². The Hall–Kier alpha value is -2.08. The van der Waals surface area contributed by atoms with Gasteiger partial charge < -0.3 is 10.6 Å². The van der Waals surface area contributed by atoms with Crippen molar-refractivity contribution in [2.24, 2.45) is 5.73 Å². The highest BCUT2D eigenvalue weighted by Crippen LogP contribution is 2.36. The molecule has 3 fully saturated rings. The van der Waals surface area contributed by atoms with E-state index >= 15 is 0 Å². The first-order valence-electron chi connectivity index (χ1n) is 10.5. The predicted molar refractivity (Wildman–Crippen MR) is 107 cm³/mol. The number of carbonyl (C=O) groups is 1. The summed E-state index contributed by atoms with van der Waals surface area (Å²) in [4.78, 5) is 22.3. The summed E-state index contributed by atoms with van der Waals surface area (Å²) in [6.45, 7) is 4.29. The van der Waals surface area contributed by atoms with Crippen molar-refractivity contribution in [1.29, 1.82) is 0 Å². The van der Waals surface area contributed by atoms with Crippen molar-refractivity contribution >= 4 is 22.8 Å². The summed E-state index contributed by atoms with van der Waals surface area (Å²) in [6, 6.07) is 6.60. The van der Waals surface area contributed by atoms with E-state index in [4.69, 9.17) is 10.7 Å². The third-order valence-corrected chi connectivity index (χ3v) is 6.60. The van der Waals surface area contributed by atoms with Crippen LogP contribution >= 0.6 is 0 Å². The molecule has 0 spiro atoms. The predicted octanol–water partition coefficient (Wildman–Crippen LogP) is 3.30. The molecule has 27 heavy (non-hydrogen) atoms. The molecule has 2 saturated carbocycles. The Labute approximate surface area is 160 Å². The van der Waals surface area contributed by atoms with Gasteiger partial charge in [0.05, 0.1) is 11.2 Å². The molecule has 2 aromatic rings. The molecule has 144 valence electrons. The largest absolute Gasteiger partial charge is 0.367 e. The van der Waals surface area contributed by atoms with E-state index in [1.54, 1.807) is 4.57 Å². The van der Waals surface area contributed by atoms with Crippen LogP contribution in [0.2, 0.25) is 0 Å². The molecule has 6 nitrogen and oxygen atoms in total. The molecule has 0 unspecified atom stereocenters. The number of benzene rings is 1. The molecule has 5 rings (SSSR count). The molecule has 2 heterocycles. The van der Waals surface area contributed by atoms with E-state index in [2.05, 4.69) is 15.9 Å². The smallest absolute Gasteiger partial charge is 0.324 e. The fourth-order valence-corrected chi connectivity index (χ4v) is 4.99. The Kier molecular flexibility index (Phi) is 4.31. The summed E-state index contributed by atoms with van der Waals surface area (Å²) < 4.78 is 1.68. The highest BCUT2D eigenvalue weighted by Gasteiger charge is 2.32. The number of aromatic nitrogens is 2. The van der Waals surface area contributed by atoms with Gasteiger partial charge in [-0.15, -0.1) is 0 Å². The Bertz CT molecular complexity index is 842. The van der Waals surface area contributed by atoms with Crippen molar-refractivity contribution in [2.75, 3.05) is 31.1 Å². The standard InChI is InChI=1S/C21H29N5O/c22-21(27)26-18-8-4-7-17(25-13-11-24(12-14-25)16-9-10-16)19(18)23-20(26)15-5-2-1-3-6-15/h4,7-8,15-16H,1-3,5-6,9-14H2,(H2,22,27). The maximum absolute atomic E-state index is 12.3. The van der Waals surface area contributed by atoms with Gasteiger partial charge in [-0.2, -0.15) is 0 Å². The number of nitrogens with zero attached hydrogens (tertiary/aromatic N) is 4. The number of fused-ring (bicyclic) bond motifs is 1. The lowest BCUT2D eigenvalue weighted by atomic mass is 9.88. The van der Waals surface area contributed by atoms with Crippen molar-refractivity contribution in [2.45, 2.75) is 56.9 Å². The highest BCUT2D eigenvalue weighted by atomic mass is 16.2. The van der Waals surface area contributed by atoms with Gasteiger partial charge in [0, 0.05) is 38.1 Å². The molecule has 1 aliphatic heterocycles. The first-order chi connectivity index (χ1) is 13.2. The molecule has 1 saturated heterocycles. The molecule has 3 aliphatic rings. The minimum Gasteiger partial charge on any atom is -0.367 e. The summed E-state index contributed by atoms with van der Waals surface area (Å²) in [5.74, 6) is 1.22. The minimum atomic E-state index is -0.409. The Morgan fingerprint density at radius 2 is 1.74 bits per heavy atom. The molecule has 1 aromatic carbocycles. The number of imidazole rings is 1. The number of anilines is 1. The zero-order valence-corrected chi connectivity index (χ0v) is 15.9. The van der Waals surface area contributed by atoms with Crippen molar-refractivity contribution in [3.8, 4) is 0 Å². The average Bonchev–Trinajstić information content (AvgIpc) is 3.47. The molecule has 1 amide bonds. The lowest BCUT2D eigenvalue weighted by molar-refractivity contribution is 0.248. The number of para-hydroxylation sites is 1. The summed E-state index contributed by atoms with van der Waals surface area (Å²) in [5, 5.41) is 0. The third kappa shape index (κ3) is 3.10. The van der Waals surface area contributed by atoms with E-state index in [1.807, 2.05) is 12.1 Å². The number of rotatable bonds is 3. The molecule has 0 bridgehead atoms. The second kappa shape index (κ2) is 6.82. The Balaban J connectivity index is 1.51. The molecule has 0 atom stereocenters. The van der Waals surface area contributed by atoms with E-state index in [0.29, 0.717) is 5.92 Å². The Morgan fingerprint density at radius 3 is 2.41 bits per heavy atom. The SMILES string of the molecule is NC(=O)n1c(C2CCCCC2)nc2c(N3CCN(C4CC4)CC3)cccc21. The van der Waals surface area contributed by atoms with Gasteiger partial charge >= 0.3 is 6.03 Å². The maximum atomic E-state index is 12.3. The number of hydrogen-bond donors (Lipinski definition) is 1. The monoisotopic (exact) mass is 367 g/mol. The van der Waals surface area contributed by atoms with Gasteiger partial charge in [-0.25, -0.2) is 14.3 Å². The van der Waals surface area contributed by atoms with E-state index < -0.39 is 6.03 Å². The average molecular weight is 367 g/mol. The number of primary amides is 1. The lowest BCUT2D eigenvalue weighted by Crippen LogP contribution is -2.47. The topological polar surface area (TPSA) is 67.4 Å². The van der Waals surface area contributed by atoms with Crippen molar-refractivity contribution < 1.29 is 4.79 Å². The number of nitrogens with two attached hydrogens (primary N) is 1. The second-order valence-electron chi connectivity index (χ2n) is 8.38. The molecule has 0 radical (unpaired) electrons. The molecular formula is C21H29N5O. The van der Waals surface area contributed by atoms with Crippen LogP contribution < -0.4 is 10.6 Å². The van der Waals surface area contributed by atoms with Gasteiger partial charge in [0.1, 0.15) is 11.3 Å². The second-order valence-corrected chi connectivity index (χ2v) is 8.38. The zero-order chi connectivity index (χ0) is 18.4. The number of piperazine rings is 1. The van der Waals surface area contributed by atoms with Crippen LogP contribution in [0.5, 0.6) is 0 Å². The number of amides is 1. The maximum Gasteiger partial charge on any atom is 0.324 e. The van der Waals surface area contributed by atoms with Crippen LogP contribution in [0.3, 0.4) is 0 Å². The minimum absolute atomic E-state index is 0.346. The summed E-state index contributed by atoms with van der Waals surface area (Å²) >= 11 is 0. The van der Waals surface area contributed by atoms with E-state index in [9.17, 15) is 4.79 Å². The van der Waals surface area contributed by atoms with Crippen LogP contribution in [0.4, 0.5) is 10.5 Å². The van der Waals surface area contributed by atoms with Gasteiger partial charge in [-0.3, -0.25) is 4.90 Å². The van der Waals surface area contributed by atoms with Crippen LogP contribution in [0.15, 0.2) is 18.2 Å². The van der Waals surface area contributed by atoms with Crippen LogP contribution in [0.1, 0.15) is 56.7 Å². The van der Waals surface area contributed by atoms with Gasteiger partial charge in [0.2, 0.25) is 0 Å². The van der Waals surface area contributed by atoms with Crippen molar-refractivity contribution in [3.63, 3.8) is 0 Å². The van der Waals surface area contributed by atoms with Crippen molar-refractivity contribution in [1.82, 2.24) is 14.5 Å². The zero-order valence-electron chi connectivity index (χ0n) is 15.9. The number of carbonyl (C=O) groups excluding carboxylic acids is 1. The molecule has 6 heteroatoms. The summed E-state index contributed by atoms with van der Waals surface area (Å²) in [6.07, 6.45) is 8.64. The van der Waals surface area contributed by atoms with Gasteiger partial charge in [-0.05, 0) is 37.8 Å². The molecule has 1 aromatic heterocycles. The lowest BCUT2D eigenvalue weighted by Gasteiger charge is -2.36. The van der Waals surface area contributed by atoms with E-state index in [1.165, 1.54) is 32.1 Å². The van der Waals surface area contributed by atoms with Crippen LogP contribution in [-0.4, -0.2) is 52.7 Å². The fourth-order valence-electron chi connectivity index (χ4n) is 4.99. The number of hydrogen-bond acceptors (Lipinski definition) is 4. The van der Waals surface area contributed by atoms with E-state index in [-0.39, 0.29) is 0 Å².